The Hall–Kier alpha value is -1.71. The van der Waals surface area contributed by atoms with Gasteiger partial charge in [0.05, 0.1) is 0 Å². The summed E-state index contributed by atoms with van der Waals surface area (Å²) in [5, 5.41) is 6.68. The average Bonchev–Trinajstić information content (AvgIpc) is 2.37. The van der Waals surface area contributed by atoms with E-state index in [9.17, 15) is 0 Å². The molecule has 0 aliphatic carbocycles. The monoisotopic (exact) mass is 290 g/mol. The van der Waals surface area contributed by atoms with Crippen LogP contribution in [0.15, 0.2) is 29.3 Å². The predicted octanol–water partition coefficient (Wildman–Crippen LogP) is 2.65. The van der Waals surface area contributed by atoms with Gasteiger partial charge < -0.3 is 15.5 Å². The Labute approximate surface area is 129 Å². The van der Waals surface area contributed by atoms with E-state index in [4.69, 9.17) is 0 Å². The lowest BCUT2D eigenvalue weighted by molar-refractivity contribution is 0.501. The standard InChI is InChI=1S/C17H30N4/c1-7-18-16(20-17(2,3)4)19-13-12-14-8-10-15(11-9-14)21(5)6/h8-11H,7,12-13H2,1-6H3,(H2,18,19,20). The van der Waals surface area contributed by atoms with Crippen molar-refractivity contribution in [1.29, 1.82) is 0 Å². The minimum Gasteiger partial charge on any atom is -0.378 e. The maximum Gasteiger partial charge on any atom is 0.191 e. The van der Waals surface area contributed by atoms with Crippen molar-refractivity contribution in [2.24, 2.45) is 4.99 Å². The summed E-state index contributed by atoms with van der Waals surface area (Å²) in [6.45, 7) is 10.2. The summed E-state index contributed by atoms with van der Waals surface area (Å²) in [4.78, 5) is 6.75. The second-order valence-corrected chi connectivity index (χ2v) is 6.45. The zero-order chi connectivity index (χ0) is 15.9. The minimum atomic E-state index is 0.0222. The third kappa shape index (κ3) is 7.02. The van der Waals surface area contributed by atoms with E-state index >= 15 is 0 Å². The first-order chi connectivity index (χ1) is 9.81. The van der Waals surface area contributed by atoms with Crippen LogP contribution >= 0.6 is 0 Å². The summed E-state index contributed by atoms with van der Waals surface area (Å²) in [6.07, 6.45) is 0.953. The molecule has 4 nitrogen and oxygen atoms in total. The molecule has 0 atom stereocenters. The Morgan fingerprint density at radius 1 is 1.14 bits per heavy atom. The number of nitrogens with one attached hydrogen (secondary N) is 2. The lowest BCUT2D eigenvalue weighted by atomic mass is 10.1. The SMILES string of the molecule is CCNC(=NCCc1ccc(N(C)C)cc1)NC(C)(C)C. The van der Waals surface area contributed by atoms with Gasteiger partial charge in [0.15, 0.2) is 5.96 Å². The quantitative estimate of drug-likeness (QED) is 0.647. The number of rotatable bonds is 5. The molecule has 118 valence electrons. The highest BCUT2D eigenvalue weighted by Gasteiger charge is 2.11. The third-order valence-electron chi connectivity index (χ3n) is 2.96. The van der Waals surface area contributed by atoms with Gasteiger partial charge >= 0.3 is 0 Å². The van der Waals surface area contributed by atoms with Crippen molar-refractivity contribution in [2.75, 3.05) is 32.1 Å². The van der Waals surface area contributed by atoms with Crippen LogP contribution in [0, 0.1) is 0 Å². The van der Waals surface area contributed by atoms with Gasteiger partial charge in [-0.05, 0) is 51.8 Å². The molecule has 0 spiro atoms. The molecule has 0 heterocycles. The normalized spacial score (nSPS) is 12.2. The Morgan fingerprint density at radius 2 is 1.76 bits per heavy atom. The number of nitrogens with zero attached hydrogens (tertiary/aromatic N) is 2. The maximum atomic E-state index is 4.64. The van der Waals surface area contributed by atoms with Gasteiger partial charge in [-0.15, -0.1) is 0 Å². The first-order valence-corrected chi connectivity index (χ1v) is 7.64. The molecule has 0 fully saturated rings. The van der Waals surface area contributed by atoms with Gasteiger partial charge in [-0.3, -0.25) is 4.99 Å². The van der Waals surface area contributed by atoms with Gasteiger partial charge in [0.2, 0.25) is 0 Å². The van der Waals surface area contributed by atoms with Crippen LogP contribution in [0.25, 0.3) is 0 Å². The second kappa shape index (κ2) is 7.91. The summed E-state index contributed by atoms with van der Waals surface area (Å²) >= 11 is 0. The van der Waals surface area contributed by atoms with Crippen molar-refractivity contribution in [3.8, 4) is 0 Å². The lowest BCUT2D eigenvalue weighted by Crippen LogP contribution is -2.47. The van der Waals surface area contributed by atoms with Gasteiger partial charge in [-0.1, -0.05) is 12.1 Å². The molecule has 0 aliphatic rings. The molecule has 0 amide bonds. The average molecular weight is 290 g/mol. The molecule has 0 aromatic heterocycles. The van der Waals surface area contributed by atoms with E-state index in [0.717, 1.165) is 25.5 Å². The predicted molar refractivity (Wildman–Crippen MR) is 93.3 cm³/mol. The summed E-state index contributed by atoms with van der Waals surface area (Å²) in [7, 11) is 4.11. The largest absolute Gasteiger partial charge is 0.378 e. The van der Waals surface area contributed by atoms with Gasteiger partial charge in [0.1, 0.15) is 0 Å². The number of hydrogen-bond donors (Lipinski definition) is 2. The van der Waals surface area contributed by atoms with Crippen molar-refractivity contribution in [3.05, 3.63) is 29.8 Å². The van der Waals surface area contributed by atoms with Crippen LogP contribution in [0.3, 0.4) is 0 Å². The molecule has 2 N–H and O–H groups in total. The van der Waals surface area contributed by atoms with E-state index in [1.165, 1.54) is 11.3 Å². The number of aliphatic imine (C=N–C) groups is 1. The Bertz CT molecular complexity index is 441. The topological polar surface area (TPSA) is 39.7 Å². The highest BCUT2D eigenvalue weighted by atomic mass is 15.2. The summed E-state index contributed by atoms with van der Waals surface area (Å²) in [5.41, 5.74) is 2.56. The van der Waals surface area contributed by atoms with E-state index in [1.807, 2.05) is 0 Å². The molecule has 0 aliphatic heterocycles. The number of guanidine groups is 1. The van der Waals surface area contributed by atoms with Crippen LogP contribution < -0.4 is 15.5 Å². The Morgan fingerprint density at radius 3 is 2.24 bits per heavy atom. The fourth-order valence-electron chi connectivity index (χ4n) is 1.92. The van der Waals surface area contributed by atoms with Gasteiger partial charge in [-0.2, -0.15) is 0 Å². The smallest absolute Gasteiger partial charge is 0.191 e. The highest BCUT2D eigenvalue weighted by Crippen LogP contribution is 2.12. The molecule has 0 saturated carbocycles. The van der Waals surface area contributed by atoms with Gasteiger partial charge in [-0.25, -0.2) is 0 Å². The van der Waals surface area contributed by atoms with Crippen LogP contribution in [0.5, 0.6) is 0 Å². The summed E-state index contributed by atoms with van der Waals surface area (Å²) < 4.78 is 0. The van der Waals surface area contributed by atoms with Crippen LogP contribution in [0.4, 0.5) is 5.69 Å². The molecule has 1 aromatic rings. The van der Waals surface area contributed by atoms with E-state index in [1.54, 1.807) is 0 Å². The fourth-order valence-corrected chi connectivity index (χ4v) is 1.92. The van der Waals surface area contributed by atoms with Crippen LogP contribution in [-0.4, -0.2) is 38.7 Å². The van der Waals surface area contributed by atoms with Crippen molar-refractivity contribution in [3.63, 3.8) is 0 Å². The van der Waals surface area contributed by atoms with Crippen LogP contribution in [-0.2, 0) is 6.42 Å². The third-order valence-corrected chi connectivity index (χ3v) is 2.96. The van der Waals surface area contributed by atoms with Gasteiger partial charge in [0.25, 0.3) is 0 Å². The van der Waals surface area contributed by atoms with Crippen molar-refractivity contribution >= 4 is 11.6 Å². The molecular weight excluding hydrogens is 260 g/mol. The molecular formula is C17H30N4. The van der Waals surface area contributed by atoms with E-state index in [2.05, 4.69) is 86.6 Å². The van der Waals surface area contributed by atoms with Gasteiger partial charge in [0, 0.05) is 38.4 Å². The molecule has 0 saturated heterocycles. The van der Waals surface area contributed by atoms with E-state index in [0.29, 0.717) is 0 Å². The van der Waals surface area contributed by atoms with E-state index < -0.39 is 0 Å². The fraction of sp³-hybridized carbons (Fsp3) is 0.588. The molecule has 0 unspecified atom stereocenters. The zero-order valence-electron chi connectivity index (χ0n) is 14.3. The van der Waals surface area contributed by atoms with Crippen LogP contribution in [0.2, 0.25) is 0 Å². The summed E-state index contributed by atoms with van der Waals surface area (Å²) in [6, 6.07) is 8.65. The molecule has 21 heavy (non-hydrogen) atoms. The van der Waals surface area contributed by atoms with Crippen molar-refractivity contribution in [1.82, 2.24) is 10.6 Å². The number of anilines is 1. The minimum absolute atomic E-state index is 0.0222. The Kier molecular flexibility index (Phi) is 6.53. The summed E-state index contributed by atoms with van der Waals surface area (Å²) in [5.74, 6) is 0.884. The van der Waals surface area contributed by atoms with Crippen LogP contribution in [0.1, 0.15) is 33.3 Å². The zero-order valence-corrected chi connectivity index (χ0v) is 14.3. The molecule has 0 bridgehead atoms. The first kappa shape index (κ1) is 17.3. The molecule has 1 aromatic carbocycles. The maximum absolute atomic E-state index is 4.64. The molecule has 1 rings (SSSR count). The molecule has 4 heteroatoms. The molecule has 0 radical (unpaired) electrons. The van der Waals surface area contributed by atoms with Crippen molar-refractivity contribution < 1.29 is 0 Å². The Balaban J connectivity index is 2.57. The second-order valence-electron chi connectivity index (χ2n) is 6.45. The number of benzene rings is 1. The number of hydrogen-bond acceptors (Lipinski definition) is 2. The highest BCUT2D eigenvalue weighted by molar-refractivity contribution is 5.80. The first-order valence-electron chi connectivity index (χ1n) is 7.64. The van der Waals surface area contributed by atoms with E-state index in [-0.39, 0.29) is 5.54 Å². The lowest BCUT2D eigenvalue weighted by Gasteiger charge is -2.23. The van der Waals surface area contributed by atoms with Crippen molar-refractivity contribution in [2.45, 2.75) is 39.7 Å².